The molecule has 23 heavy (non-hydrogen) atoms. The number of rotatable bonds is 2. The van der Waals surface area contributed by atoms with Crippen molar-refractivity contribution in [2.45, 2.75) is 38.8 Å². The van der Waals surface area contributed by atoms with Gasteiger partial charge in [-0.25, -0.2) is 0 Å². The van der Waals surface area contributed by atoms with Crippen LogP contribution in [0.25, 0.3) is 10.9 Å². The van der Waals surface area contributed by atoms with Gasteiger partial charge in [-0.05, 0) is 32.9 Å². The van der Waals surface area contributed by atoms with Gasteiger partial charge < -0.3 is 10.2 Å². The van der Waals surface area contributed by atoms with Gasteiger partial charge in [0.15, 0.2) is 0 Å². The van der Waals surface area contributed by atoms with Crippen LogP contribution in [0.5, 0.6) is 0 Å². The first-order valence-corrected chi connectivity index (χ1v) is 7.81. The second-order valence-corrected chi connectivity index (χ2v) is 6.97. The second kappa shape index (κ2) is 5.65. The third-order valence-electron chi connectivity index (χ3n) is 4.12. The fourth-order valence-electron chi connectivity index (χ4n) is 2.92. The maximum atomic E-state index is 12.4. The zero-order valence-corrected chi connectivity index (χ0v) is 13.7. The summed E-state index contributed by atoms with van der Waals surface area (Å²) in [5.74, 6) is -0.101. The highest BCUT2D eigenvalue weighted by Gasteiger charge is 2.36. The van der Waals surface area contributed by atoms with Gasteiger partial charge in [-0.15, -0.1) is 0 Å². The normalized spacial score (nSPS) is 18.5. The molecule has 5 nitrogen and oxygen atoms in total. The second-order valence-electron chi connectivity index (χ2n) is 6.97. The Morgan fingerprint density at radius 3 is 2.74 bits per heavy atom. The van der Waals surface area contributed by atoms with Crippen molar-refractivity contribution >= 4 is 22.7 Å². The molecule has 2 amide bonds. The molecule has 1 aliphatic heterocycles. The van der Waals surface area contributed by atoms with Crippen molar-refractivity contribution < 1.29 is 9.59 Å². The topological polar surface area (TPSA) is 62.3 Å². The maximum Gasteiger partial charge on any atom is 0.253 e. The molecule has 1 aliphatic rings. The Hall–Kier alpha value is -2.43. The number of hydrogen-bond donors (Lipinski definition) is 1. The summed E-state index contributed by atoms with van der Waals surface area (Å²) >= 11 is 0. The van der Waals surface area contributed by atoms with E-state index in [1.165, 1.54) is 0 Å². The van der Waals surface area contributed by atoms with Crippen molar-refractivity contribution in [3.05, 3.63) is 42.1 Å². The highest BCUT2D eigenvalue weighted by atomic mass is 16.2. The minimum absolute atomic E-state index is 0.0828. The molecular formula is C18H21N3O2. The number of hydrogen-bond acceptors (Lipinski definition) is 3. The molecule has 5 heteroatoms. The van der Waals surface area contributed by atoms with E-state index >= 15 is 0 Å². The lowest BCUT2D eigenvalue weighted by molar-refractivity contribution is -0.131. The van der Waals surface area contributed by atoms with Crippen LogP contribution in [0, 0.1) is 0 Å². The summed E-state index contributed by atoms with van der Waals surface area (Å²) < 4.78 is 0. The van der Waals surface area contributed by atoms with Gasteiger partial charge in [0.05, 0.1) is 17.1 Å². The van der Waals surface area contributed by atoms with Gasteiger partial charge in [0.1, 0.15) is 0 Å². The number of carbonyl (C=O) groups is 2. The van der Waals surface area contributed by atoms with E-state index in [0.29, 0.717) is 18.5 Å². The van der Waals surface area contributed by atoms with Gasteiger partial charge in [0.25, 0.3) is 5.91 Å². The Bertz CT molecular complexity index is 764. The minimum atomic E-state index is -0.221. The van der Waals surface area contributed by atoms with Crippen molar-refractivity contribution in [1.82, 2.24) is 15.2 Å². The SMILES string of the molecule is CC(C)(C)N1CC(NC(=O)c2cnc3ccccc3c2)CC1=O. The average Bonchev–Trinajstić information content (AvgIpc) is 2.87. The van der Waals surface area contributed by atoms with Gasteiger partial charge in [0, 0.05) is 30.1 Å². The summed E-state index contributed by atoms with van der Waals surface area (Å²) in [5.41, 5.74) is 1.16. The standard InChI is InChI=1S/C18H21N3O2/c1-18(2,3)21-11-14(9-16(21)22)20-17(23)13-8-12-6-4-5-7-15(12)19-10-13/h4-8,10,14H,9,11H2,1-3H3,(H,20,23). The van der Waals surface area contributed by atoms with E-state index in [9.17, 15) is 9.59 Å². The monoisotopic (exact) mass is 311 g/mol. The molecule has 0 spiro atoms. The molecule has 0 radical (unpaired) electrons. The van der Waals surface area contributed by atoms with Crippen molar-refractivity contribution in [3.63, 3.8) is 0 Å². The minimum Gasteiger partial charge on any atom is -0.347 e. The number of fused-ring (bicyclic) bond motifs is 1. The molecule has 2 heterocycles. The fraction of sp³-hybridized carbons (Fsp3) is 0.389. The number of para-hydroxylation sites is 1. The fourth-order valence-corrected chi connectivity index (χ4v) is 2.92. The summed E-state index contributed by atoms with van der Waals surface area (Å²) in [6.07, 6.45) is 1.93. The third-order valence-corrected chi connectivity index (χ3v) is 4.12. The molecule has 1 fully saturated rings. The highest BCUT2D eigenvalue weighted by molar-refractivity contribution is 5.97. The predicted octanol–water partition coefficient (Wildman–Crippen LogP) is 2.36. The Labute approximate surface area is 135 Å². The number of benzene rings is 1. The molecule has 1 aromatic carbocycles. The number of pyridine rings is 1. The molecule has 120 valence electrons. The van der Waals surface area contributed by atoms with Crippen LogP contribution in [0.1, 0.15) is 37.6 Å². The zero-order valence-electron chi connectivity index (χ0n) is 13.7. The molecule has 1 saturated heterocycles. The maximum absolute atomic E-state index is 12.4. The van der Waals surface area contributed by atoms with Crippen LogP contribution in [0.2, 0.25) is 0 Å². The molecule has 1 unspecified atom stereocenters. The summed E-state index contributed by atoms with van der Waals surface area (Å²) in [7, 11) is 0. The molecule has 0 bridgehead atoms. The number of aromatic nitrogens is 1. The van der Waals surface area contributed by atoms with Gasteiger partial charge in [-0.1, -0.05) is 18.2 Å². The smallest absolute Gasteiger partial charge is 0.253 e. The quantitative estimate of drug-likeness (QED) is 0.926. The van der Waals surface area contributed by atoms with Crippen molar-refractivity contribution in [3.8, 4) is 0 Å². The Balaban J connectivity index is 1.73. The predicted molar refractivity (Wildman–Crippen MR) is 89.1 cm³/mol. The summed E-state index contributed by atoms with van der Waals surface area (Å²) in [6, 6.07) is 9.35. The van der Waals surface area contributed by atoms with E-state index in [1.807, 2.05) is 56.0 Å². The van der Waals surface area contributed by atoms with Gasteiger partial charge in [-0.3, -0.25) is 14.6 Å². The highest BCUT2D eigenvalue weighted by Crippen LogP contribution is 2.22. The number of nitrogens with zero attached hydrogens (tertiary/aromatic N) is 2. The van der Waals surface area contributed by atoms with E-state index < -0.39 is 0 Å². The van der Waals surface area contributed by atoms with Crippen LogP contribution in [0.3, 0.4) is 0 Å². The van der Waals surface area contributed by atoms with Gasteiger partial charge >= 0.3 is 0 Å². The lowest BCUT2D eigenvalue weighted by atomic mass is 10.1. The first-order valence-electron chi connectivity index (χ1n) is 7.81. The van der Waals surface area contributed by atoms with Crippen LogP contribution in [0.4, 0.5) is 0 Å². The van der Waals surface area contributed by atoms with E-state index in [4.69, 9.17) is 0 Å². The third kappa shape index (κ3) is 3.18. The average molecular weight is 311 g/mol. The van der Waals surface area contributed by atoms with Crippen LogP contribution < -0.4 is 5.32 Å². The molecule has 1 aromatic heterocycles. The summed E-state index contributed by atoms with van der Waals surface area (Å²) in [5, 5.41) is 3.88. The van der Waals surface area contributed by atoms with Gasteiger partial charge in [-0.2, -0.15) is 0 Å². The van der Waals surface area contributed by atoms with Crippen LogP contribution in [-0.2, 0) is 4.79 Å². The summed E-state index contributed by atoms with van der Waals surface area (Å²) in [6.45, 7) is 6.56. The summed E-state index contributed by atoms with van der Waals surface area (Å²) in [4.78, 5) is 30.6. The van der Waals surface area contributed by atoms with Crippen LogP contribution in [0.15, 0.2) is 36.5 Å². The first-order chi connectivity index (χ1) is 10.8. The molecule has 2 aromatic rings. The van der Waals surface area contributed by atoms with Crippen molar-refractivity contribution in [1.29, 1.82) is 0 Å². The zero-order chi connectivity index (χ0) is 16.6. The Morgan fingerprint density at radius 2 is 2.04 bits per heavy atom. The van der Waals surface area contributed by atoms with Gasteiger partial charge in [0.2, 0.25) is 5.91 Å². The Kier molecular flexibility index (Phi) is 3.80. The lowest BCUT2D eigenvalue weighted by Crippen LogP contribution is -2.44. The van der Waals surface area contributed by atoms with E-state index in [0.717, 1.165) is 10.9 Å². The van der Waals surface area contributed by atoms with Crippen molar-refractivity contribution in [2.75, 3.05) is 6.54 Å². The molecule has 1 N–H and O–H groups in total. The molecule has 1 atom stereocenters. The molecular weight excluding hydrogens is 290 g/mol. The van der Waals surface area contributed by atoms with Crippen LogP contribution in [-0.4, -0.2) is 39.8 Å². The number of carbonyl (C=O) groups excluding carboxylic acids is 2. The first kappa shape index (κ1) is 15.5. The molecule has 3 rings (SSSR count). The molecule has 0 saturated carbocycles. The van der Waals surface area contributed by atoms with E-state index in [2.05, 4.69) is 10.3 Å². The number of amides is 2. The Morgan fingerprint density at radius 1 is 1.30 bits per heavy atom. The molecule has 0 aliphatic carbocycles. The van der Waals surface area contributed by atoms with Crippen LogP contribution >= 0.6 is 0 Å². The lowest BCUT2D eigenvalue weighted by Gasteiger charge is -2.32. The van der Waals surface area contributed by atoms with E-state index in [-0.39, 0.29) is 23.4 Å². The largest absolute Gasteiger partial charge is 0.347 e. The number of likely N-dealkylation sites (tertiary alicyclic amines) is 1. The van der Waals surface area contributed by atoms with E-state index in [1.54, 1.807) is 6.20 Å². The number of nitrogens with one attached hydrogen (secondary N) is 1. The van der Waals surface area contributed by atoms with Crippen molar-refractivity contribution in [2.24, 2.45) is 0 Å².